The molecule has 0 bridgehead atoms. The van der Waals surface area contributed by atoms with Gasteiger partial charge in [-0.2, -0.15) is 0 Å². The van der Waals surface area contributed by atoms with Gasteiger partial charge in [0.2, 0.25) is 0 Å². The van der Waals surface area contributed by atoms with Crippen molar-refractivity contribution in [2.24, 2.45) is 0 Å². The van der Waals surface area contributed by atoms with Crippen molar-refractivity contribution in [2.75, 3.05) is 6.54 Å². The highest BCUT2D eigenvalue weighted by molar-refractivity contribution is 5.79. The van der Waals surface area contributed by atoms with Crippen LogP contribution in [0.3, 0.4) is 0 Å². The number of hydrazine groups is 1. The summed E-state index contributed by atoms with van der Waals surface area (Å²) in [6.45, 7) is 5.67. The minimum Gasteiger partial charge on any atom is -0.293 e. The Labute approximate surface area is 92.9 Å². The van der Waals surface area contributed by atoms with Crippen LogP contribution in [0.25, 0.3) is 0 Å². The van der Waals surface area contributed by atoms with Gasteiger partial charge in [0.1, 0.15) is 5.84 Å². The molecule has 2 saturated heterocycles. The van der Waals surface area contributed by atoms with E-state index < -0.39 is 0 Å². The van der Waals surface area contributed by atoms with E-state index in [0.29, 0.717) is 12.1 Å². The monoisotopic (exact) mass is 209 g/mol. The van der Waals surface area contributed by atoms with Crippen molar-refractivity contribution in [3.63, 3.8) is 0 Å². The van der Waals surface area contributed by atoms with E-state index in [9.17, 15) is 0 Å². The van der Waals surface area contributed by atoms with Crippen LogP contribution in [0.4, 0.5) is 0 Å². The minimum atomic E-state index is 0.618. The van der Waals surface area contributed by atoms with Crippen LogP contribution in [0.2, 0.25) is 0 Å². The SMILES string of the molecule is CC1CCCC(C)N1N1CCCCC1=N. The average molecular weight is 209 g/mol. The molecule has 2 aliphatic heterocycles. The van der Waals surface area contributed by atoms with Gasteiger partial charge in [-0.25, -0.2) is 5.01 Å². The molecule has 2 rings (SSSR count). The van der Waals surface area contributed by atoms with Crippen LogP contribution < -0.4 is 0 Å². The Morgan fingerprint density at radius 3 is 2.33 bits per heavy atom. The number of hydrogen-bond acceptors (Lipinski definition) is 2. The number of amidine groups is 1. The highest BCUT2D eigenvalue weighted by Gasteiger charge is 2.31. The summed E-state index contributed by atoms with van der Waals surface area (Å²) < 4.78 is 0. The normalized spacial score (nSPS) is 34.5. The summed E-state index contributed by atoms with van der Waals surface area (Å²) in [6.07, 6.45) is 7.34. The molecule has 2 heterocycles. The highest BCUT2D eigenvalue weighted by atomic mass is 15.7. The van der Waals surface area contributed by atoms with E-state index in [1.165, 1.54) is 32.1 Å². The quantitative estimate of drug-likeness (QED) is 0.719. The van der Waals surface area contributed by atoms with Gasteiger partial charge in [-0.05, 0) is 39.5 Å². The second-order valence-corrected chi connectivity index (χ2v) is 5.04. The van der Waals surface area contributed by atoms with E-state index in [1.807, 2.05) is 0 Å². The molecule has 0 aliphatic carbocycles. The Morgan fingerprint density at radius 1 is 1.07 bits per heavy atom. The molecule has 2 aliphatic rings. The molecule has 0 spiro atoms. The topological polar surface area (TPSA) is 30.3 Å². The molecule has 0 amide bonds. The smallest absolute Gasteiger partial charge is 0.110 e. The lowest BCUT2D eigenvalue weighted by Crippen LogP contribution is -2.57. The maximum atomic E-state index is 8.05. The molecule has 3 heteroatoms. The van der Waals surface area contributed by atoms with Gasteiger partial charge in [0.15, 0.2) is 0 Å². The summed E-state index contributed by atoms with van der Waals surface area (Å²) in [5.74, 6) is 0.835. The van der Waals surface area contributed by atoms with Gasteiger partial charge in [-0.3, -0.25) is 10.4 Å². The molecule has 3 nitrogen and oxygen atoms in total. The summed E-state index contributed by atoms with van der Waals surface area (Å²) in [7, 11) is 0. The summed E-state index contributed by atoms with van der Waals surface area (Å²) >= 11 is 0. The Morgan fingerprint density at radius 2 is 1.73 bits per heavy atom. The van der Waals surface area contributed by atoms with E-state index in [-0.39, 0.29) is 0 Å². The fourth-order valence-electron chi connectivity index (χ4n) is 2.96. The summed E-state index contributed by atoms with van der Waals surface area (Å²) in [6, 6.07) is 1.24. The molecule has 1 N–H and O–H groups in total. The molecule has 0 saturated carbocycles. The molecule has 0 aromatic rings. The van der Waals surface area contributed by atoms with Crippen molar-refractivity contribution >= 4 is 5.84 Å². The molecule has 15 heavy (non-hydrogen) atoms. The predicted molar refractivity (Wildman–Crippen MR) is 62.9 cm³/mol. The van der Waals surface area contributed by atoms with Crippen molar-refractivity contribution in [2.45, 2.75) is 64.5 Å². The summed E-state index contributed by atoms with van der Waals surface area (Å²) in [4.78, 5) is 0. The largest absolute Gasteiger partial charge is 0.293 e. The third-order valence-corrected chi connectivity index (χ3v) is 3.77. The fraction of sp³-hybridized carbons (Fsp3) is 0.917. The maximum Gasteiger partial charge on any atom is 0.110 e. The Hall–Kier alpha value is -0.570. The first-order chi connectivity index (χ1) is 7.20. The first-order valence-electron chi connectivity index (χ1n) is 6.33. The lowest BCUT2D eigenvalue weighted by Gasteiger charge is -2.48. The van der Waals surface area contributed by atoms with Crippen LogP contribution in [0, 0.1) is 5.41 Å². The van der Waals surface area contributed by atoms with Crippen LogP contribution in [0.1, 0.15) is 52.4 Å². The Kier molecular flexibility index (Phi) is 3.29. The van der Waals surface area contributed by atoms with Crippen molar-refractivity contribution in [1.29, 1.82) is 5.41 Å². The van der Waals surface area contributed by atoms with Crippen LogP contribution in [-0.2, 0) is 0 Å². The zero-order valence-electron chi connectivity index (χ0n) is 10.00. The number of nitrogens with zero attached hydrogens (tertiary/aromatic N) is 2. The van der Waals surface area contributed by atoms with Gasteiger partial charge in [0, 0.05) is 25.0 Å². The van der Waals surface area contributed by atoms with Gasteiger partial charge in [-0.15, -0.1) is 0 Å². The molecule has 0 radical (unpaired) electrons. The van der Waals surface area contributed by atoms with Crippen LogP contribution in [-0.4, -0.2) is 34.5 Å². The number of hydrogen-bond donors (Lipinski definition) is 1. The van der Waals surface area contributed by atoms with Crippen molar-refractivity contribution < 1.29 is 0 Å². The third kappa shape index (κ3) is 2.17. The third-order valence-electron chi connectivity index (χ3n) is 3.77. The van der Waals surface area contributed by atoms with Crippen LogP contribution in [0.15, 0.2) is 0 Å². The van der Waals surface area contributed by atoms with Gasteiger partial charge < -0.3 is 0 Å². The van der Waals surface area contributed by atoms with Crippen LogP contribution >= 0.6 is 0 Å². The molecule has 0 aromatic heterocycles. The lowest BCUT2D eigenvalue weighted by atomic mass is 9.99. The number of piperidine rings is 2. The first-order valence-corrected chi connectivity index (χ1v) is 6.33. The summed E-state index contributed by atoms with van der Waals surface area (Å²) in [5.41, 5.74) is 0. The van der Waals surface area contributed by atoms with Crippen LogP contribution in [0.5, 0.6) is 0 Å². The molecular formula is C12H23N3. The molecule has 2 atom stereocenters. The average Bonchev–Trinajstić information content (AvgIpc) is 2.20. The maximum absolute atomic E-state index is 8.05. The fourth-order valence-corrected chi connectivity index (χ4v) is 2.96. The van der Waals surface area contributed by atoms with Crippen molar-refractivity contribution in [3.8, 4) is 0 Å². The van der Waals surface area contributed by atoms with Crippen molar-refractivity contribution in [3.05, 3.63) is 0 Å². The molecular weight excluding hydrogens is 186 g/mol. The van der Waals surface area contributed by atoms with E-state index in [0.717, 1.165) is 18.8 Å². The van der Waals surface area contributed by atoms with Crippen molar-refractivity contribution in [1.82, 2.24) is 10.0 Å². The molecule has 0 aromatic carbocycles. The molecule has 86 valence electrons. The van der Waals surface area contributed by atoms with E-state index in [1.54, 1.807) is 0 Å². The van der Waals surface area contributed by atoms with Gasteiger partial charge in [-0.1, -0.05) is 6.42 Å². The van der Waals surface area contributed by atoms with Gasteiger partial charge in [0.05, 0.1) is 0 Å². The van der Waals surface area contributed by atoms with Gasteiger partial charge >= 0.3 is 0 Å². The first kappa shape index (κ1) is 10.9. The standard InChI is InChI=1S/C12H23N3/c1-10-6-5-7-11(2)15(10)14-9-4-3-8-12(14)13/h10-11,13H,3-9H2,1-2H3. The number of rotatable bonds is 1. The van der Waals surface area contributed by atoms with E-state index in [4.69, 9.17) is 5.41 Å². The zero-order chi connectivity index (χ0) is 10.8. The van der Waals surface area contributed by atoms with E-state index >= 15 is 0 Å². The Bertz CT molecular complexity index is 229. The predicted octanol–water partition coefficient (Wildman–Crippen LogP) is 2.63. The highest BCUT2D eigenvalue weighted by Crippen LogP contribution is 2.26. The molecule has 2 unspecified atom stereocenters. The Balaban J connectivity index is 2.08. The van der Waals surface area contributed by atoms with E-state index in [2.05, 4.69) is 23.9 Å². The molecule has 2 fully saturated rings. The summed E-state index contributed by atoms with van der Waals surface area (Å²) in [5, 5.41) is 12.8. The minimum absolute atomic E-state index is 0.618. The number of nitrogens with one attached hydrogen (secondary N) is 1. The lowest BCUT2D eigenvalue weighted by molar-refractivity contribution is -0.0610. The second-order valence-electron chi connectivity index (χ2n) is 5.04. The van der Waals surface area contributed by atoms with Gasteiger partial charge in [0.25, 0.3) is 0 Å². The zero-order valence-corrected chi connectivity index (χ0v) is 10.00. The second kappa shape index (κ2) is 4.52.